The Hall–Kier alpha value is -3.74. The predicted molar refractivity (Wildman–Crippen MR) is 117 cm³/mol. The summed E-state index contributed by atoms with van der Waals surface area (Å²) in [7, 11) is 1.57. The van der Waals surface area contributed by atoms with Gasteiger partial charge < -0.3 is 14.5 Å². The lowest BCUT2D eigenvalue weighted by molar-refractivity contribution is 0.0530. The summed E-state index contributed by atoms with van der Waals surface area (Å²) < 4.78 is 33.8. The van der Waals surface area contributed by atoms with Crippen molar-refractivity contribution in [3.8, 4) is 16.9 Å². The molecule has 0 unspecified atom stereocenters. The van der Waals surface area contributed by atoms with Gasteiger partial charge in [0.05, 0.1) is 18.2 Å². The van der Waals surface area contributed by atoms with Crippen molar-refractivity contribution >= 4 is 11.8 Å². The van der Waals surface area contributed by atoms with Gasteiger partial charge in [0.15, 0.2) is 0 Å². The van der Waals surface area contributed by atoms with Crippen LogP contribution in [0.2, 0.25) is 0 Å². The number of carbonyl (C=O) groups excluding carboxylic acids is 2. The van der Waals surface area contributed by atoms with Crippen molar-refractivity contribution in [3.63, 3.8) is 0 Å². The molecule has 3 aromatic carbocycles. The first kappa shape index (κ1) is 21.5. The Balaban J connectivity index is 1.43. The summed E-state index contributed by atoms with van der Waals surface area (Å²) in [6, 6.07) is 17.5. The summed E-state index contributed by atoms with van der Waals surface area (Å²) in [4.78, 5) is 28.4. The largest absolute Gasteiger partial charge is 0.497 e. The third-order valence-corrected chi connectivity index (χ3v) is 5.58. The smallest absolute Gasteiger partial charge is 0.256 e. The molecule has 32 heavy (non-hydrogen) atoms. The maximum Gasteiger partial charge on any atom is 0.256 e. The Morgan fingerprint density at radius 1 is 0.719 bits per heavy atom. The van der Waals surface area contributed by atoms with E-state index in [0.29, 0.717) is 11.3 Å². The van der Waals surface area contributed by atoms with Crippen molar-refractivity contribution in [2.24, 2.45) is 0 Å². The van der Waals surface area contributed by atoms with Gasteiger partial charge in [-0.3, -0.25) is 9.59 Å². The lowest BCUT2D eigenvalue weighted by Gasteiger charge is -2.35. The van der Waals surface area contributed by atoms with E-state index in [0.717, 1.165) is 5.56 Å². The van der Waals surface area contributed by atoms with E-state index in [1.165, 1.54) is 40.1 Å². The molecule has 0 aromatic heterocycles. The van der Waals surface area contributed by atoms with Gasteiger partial charge in [0.1, 0.15) is 17.4 Å². The number of hydrogen-bond donors (Lipinski definition) is 0. The maximum atomic E-state index is 14.8. The molecule has 1 aliphatic heterocycles. The molecular weight excluding hydrogens is 414 g/mol. The van der Waals surface area contributed by atoms with E-state index < -0.39 is 23.4 Å². The fourth-order valence-electron chi connectivity index (χ4n) is 3.74. The van der Waals surface area contributed by atoms with Crippen LogP contribution in [0.5, 0.6) is 5.75 Å². The molecule has 0 aliphatic carbocycles. The number of piperazine rings is 1. The number of carbonyl (C=O) groups is 2. The van der Waals surface area contributed by atoms with Crippen LogP contribution in [0, 0.1) is 11.6 Å². The Labute approximate surface area is 184 Å². The minimum absolute atomic E-state index is 0.00689. The molecule has 3 aromatic rings. The predicted octanol–water partition coefficient (Wildman–Crippen LogP) is 4.24. The van der Waals surface area contributed by atoms with Gasteiger partial charge in [-0.05, 0) is 47.5 Å². The number of benzene rings is 3. The number of amides is 2. The first-order valence-corrected chi connectivity index (χ1v) is 10.2. The number of ether oxygens (including phenoxy) is 1. The monoisotopic (exact) mass is 436 g/mol. The van der Waals surface area contributed by atoms with Gasteiger partial charge in [-0.15, -0.1) is 0 Å². The second kappa shape index (κ2) is 9.18. The first-order chi connectivity index (χ1) is 15.5. The maximum absolute atomic E-state index is 14.8. The average Bonchev–Trinajstić information content (AvgIpc) is 2.83. The van der Waals surface area contributed by atoms with Crippen LogP contribution in [0.3, 0.4) is 0 Å². The van der Waals surface area contributed by atoms with Gasteiger partial charge in [-0.2, -0.15) is 0 Å². The molecule has 0 bridgehead atoms. The quantitative estimate of drug-likeness (QED) is 0.615. The number of halogens is 2. The van der Waals surface area contributed by atoms with Crippen LogP contribution in [0.15, 0.2) is 66.7 Å². The highest BCUT2D eigenvalue weighted by Crippen LogP contribution is 2.25. The molecule has 0 radical (unpaired) electrons. The van der Waals surface area contributed by atoms with Gasteiger partial charge in [0.25, 0.3) is 11.8 Å². The molecule has 1 aliphatic rings. The molecule has 2 amide bonds. The fourth-order valence-corrected chi connectivity index (χ4v) is 3.74. The fraction of sp³-hybridized carbons (Fsp3) is 0.200. The molecule has 5 nitrogen and oxygen atoms in total. The van der Waals surface area contributed by atoms with Crippen molar-refractivity contribution in [3.05, 3.63) is 89.5 Å². The highest BCUT2D eigenvalue weighted by atomic mass is 19.1. The third kappa shape index (κ3) is 4.32. The van der Waals surface area contributed by atoms with Crippen molar-refractivity contribution in [2.45, 2.75) is 0 Å². The number of hydrogen-bond acceptors (Lipinski definition) is 3. The Morgan fingerprint density at radius 2 is 1.25 bits per heavy atom. The zero-order chi connectivity index (χ0) is 22.7. The lowest BCUT2D eigenvalue weighted by atomic mass is 10.0. The van der Waals surface area contributed by atoms with Gasteiger partial charge in [-0.25, -0.2) is 8.78 Å². The SMILES string of the molecule is COc1ccc(-c2ccc(C(=O)N3CCN(C(=O)c4ccccc4F)CC3)c(F)c2)cc1. The zero-order valence-electron chi connectivity index (χ0n) is 17.6. The third-order valence-electron chi connectivity index (χ3n) is 5.58. The molecule has 0 N–H and O–H groups in total. The van der Waals surface area contributed by atoms with Crippen LogP contribution in [0.4, 0.5) is 8.78 Å². The second-order valence-corrected chi connectivity index (χ2v) is 7.49. The molecule has 1 saturated heterocycles. The highest BCUT2D eigenvalue weighted by molar-refractivity contribution is 5.96. The van der Waals surface area contributed by atoms with E-state index in [9.17, 15) is 18.4 Å². The number of methoxy groups -OCH3 is 1. The van der Waals surface area contributed by atoms with Crippen molar-refractivity contribution in [2.75, 3.05) is 33.3 Å². The van der Waals surface area contributed by atoms with Crippen LogP contribution in [-0.2, 0) is 0 Å². The van der Waals surface area contributed by atoms with E-state index in [4.69, 9.17) is 4.74 Å². The van der Waals surface area contributed by atoms with Crippen molar-refractivity contribution < 1.29 is 23.1 Å². The first-order valence-electron chi connectivity index (χ1n) is 10.2. The summed E-state index contributed by atoms with van der Waals surface area (Å²) in [5, 5.41) is 0. The molecule has 0 atom stereocenters. The molecule has 1 heterocycles. The Bertz CT molecular complexity index is 1140. The normalized spacial score (nSPS) is 13.7. The Kier molecular flexibility index (Phi) is 6.16. The number of nitrogens with zero attached hydrogens (tertiary/aromatic N) is 2. The second-order valence-electron chi connectivity index (χ2n) is 7.49. The Morgan fingerprint density at radius 3 is 1.78 bits per heavy atom. The zero-order valence-corrected chi connectivity index (χ0v) is 17.6. The van der Waals surface area contributed by atoms with Crippen molar-refractivity contribution in [1.82, 2.24) is 9.80 Å². The standard InChI is InChI=1S/C25H22F2N2O3/c1-32-19-9-6-17(7-10-19)18-8-11-21(23(27)16-18)25(31)29-14-12-28(13-15-29)24(30)20-4-2-3-5-22(20)26/h2-11,16H,12-15H2,1H3. The van der Waals surface area contributed by atoms with E-state index in [2.05, 4.69) is 0 Å². The van der Waals surface area contributed by atoms with Gasteiger partial charge >= 0.3 is 0 Å². The van der Waals surface area contributed by atoms with E-state index >= 15 is 0 Å². The molecule has 0 spiro atoms. The van der Waals surface area contributed by atoms with Crippen LogP contribution in [-0.4, -0.2) is 54.9 Å². The highest BCUT2D eigenvalue weighted by Gasteiger charge is 2.27. The summed E-state index contributed by atoms with van der Waals surface area (Å²) in [6.07, 6.45) is 0. The minimum Gasteiger partial charge on any atom is -0.497 e. The van der Waals surface area contributed by atoms with Gasteiger partial charge in [0, 0.05) is 26.2 Å². The molecule has 1 fully saturated rings. The molecular formula is C25H22F2N2O3. The van der Waals surface area contributed by atoms with Crippen LogP contribution < -0.4 is 4.74 Å². The summed E-state index contributed by atoms with van der Waals surface area (Å²) in [5.74, 6) is -1.32. The topological polar surface area (TPSA) is 49.9 Å². The molecule has 7 heteroatoms. The molecule has 4 rings (SSSR count). The van der Waals surface area contributed by atoms with Crippen molar-refractivity contribution in [1.29, 1.82) is 0 Å². The summed E-state index contributed by atoms with van der Waals surface area (Å²) in [5.41, 5.74) is 1.45. The van der Waals surface area contributed by atoms with E-state index in [1.807, 2.05) is 12.1 Å². The van der Waals surface area contributed by atoms with E-state index in [-0.39, 0.29) is 37.3 Å². The van der Waals surface area contributed by atoms with Crippen LogP contribution >= 0.6 is 0 Å². The molecule has 164 valence electrons. The van der Waals surface area contributed by atoms with Crippen LogP contribution in [0.25, 0.3) is 11.1 Å². The summed E-state index contributed by atoms with van der Waals surface area (Å²) >= 11 is 0. The van der Waals surface area contributed by atoms with Gasteiger partial charge in [-0.1, -0.05) is 30.3 Å². The van der Waals surface area contributed by atoms with Crippen LogP contribution in [0.1, 0.15) is 20.7 Å². The summed E-state index contributed by atoms with van der Waals surface area (Å²) in [6.45, 7) is 1.01. The lowest BCUT2D eigenvalue weighted by Crippen LogP contribution is -2.50. The minimum atomic E-state index is -0.604. The van der Waals surface area contributed by atoms with Gasteiger partial charge in [0.2, 0.25) is 0 Å². The number of rotatable bonds is 4. The molecule has 0 saturated carbocycles. The average molecular weight is 436 g/mol. The van der Waals surface area contributed by atoms with E-state index in [1.54, 1.807) is 31.4 Å².